The predicted molar refractivity (Wildman–Crippen MR) is 83.9 cm³/mol. The quantitative estimate of drug-likeness (QED) is 0.733. The Morgan fingerprint density at radius 2 is 1.77 bits per heavy atom. The van der Waals surface area contributed by atoms with E-state index in [9.17, 15) is 4.79 Å². The zero-order valence-corrected chi connectivity index (χ0v) is 13.1. The lowest BCUT2D eigenvalue weighted by Gasteiger charge is -2.45. The first-order valence-corrected chi connectivity index (χ1v) is 8.28. The van der Waals surface area contributed by atoms with Crippen LogP contribution < -0.4 is 0 Å². The summed E-state index contributed by atoms with van der Waals surface area (Å²) in [5, 5.41) is 0. The summed E-state index contributed by atoms with van der Waals surface area (Å²) in [6.07, 6.45) is 7.18. The number of benzene rings is 1. The molecule has 1 saturated heterocycles. The third kappa shape index (κ3) is 2.11. The molecule has 1 unspecified atom stereocenters. The number of carbonyl (C=O) groups is 1. The van der Waals surface area contributed by atoms with Crippen LogP contribution >= 0.6 is 0 Å². The van der Waals surface area contributed by atoms with Crippen molar-refractivity contribution >= 4 is 11.5 Å². The highest BCUT2D eigenvalue weighted by atomic mass is 16.7. The van der Waals surface area contributed by atoms with Gasteiger partial charge in [-0.25, -0.2) is 4.79 Å². The van der Waals surface area contributed by atoms with Crippen LogP contribution in [0.5, 0.6) is 0 Å². The molecule has 2 fully saturated rings. The molecule has 22 heavy (non-hydrogen) atoms. The van der Waals surface area contributed by atoms with E-state index in [-0.39, 0.29) is 11.4 Å². The third-order valence-electron chi connectivity index (χ3n) is 5.52. The van der Waals surface area contributed by atoms with Gasteiger partial charge in [0.2, 0.25) is 5.79 Å². The molecule has 0 aromatic heterocycles. The molecule has 0 bridgehead atoms. The van der Waals surface area contributed by atoms with Crippen LogP contribution in [-0.2, 0) is 14.3 Å². The molecule has 0 radical (unpaired) electrons. The van der Waals surface area contributed by atoms with Gasteiger partial charge in [-0.05, 0) is 30.2 Å². The second-order valence-electron chi connectivity index (χ2n) is 7.08. The molecule has 1 aromatic rings. The first kappa shape index (κ1) is 14.0. The first-order valence-electron chi connectivity index (χ1n) is 8.28. The summed E-state index contributed by atoms with van der Waals surface area (Å²) in [7, 11) is 0. The zero-order chi connectivity index (χ0) is 15.2. The second kappa shape index (κ2) is 4.95. The van der Waals surface area contributed by atoms with E-state index in [4.69, 9.17) is 9.47 Å². The molecule has 3 heteroatoms. The Morgan fingerprint density at radius 3 is 2.50 bits per heavy atom. The Kier molecular flexibility index (Phi) is 3.15. The summed E-state index contributed by atoms with van der Waals surface area (Å²) in [5.74, 6) is -1.10. The number of carbonyl (C=O) groups excluding carboxylic acids is 1. The summed E-state index contributed by atoms with van der Waals surface area (Å²) in [5.41, 5.74) is 2.94. The predicted octanol–water partition coefficient (Wildman–Crippen LogP) is 4.08. The number of rotatable bonds is 1. The number of hydrogen-bond acceptors (Lipinski definition) is 3. The Balaban J connectivity index is 1.78. The standard InChI is InChI=1S/C19H22O3/c1-18-15(12-19(13-21-18)10-6-3-7-11-19)16(17(20)22-18)14-8-4-2-5-9-14/h2,4-5,8-9H,3,6-7,10-13H2,1H3. The molecule has 1 aliphatic carbocycles. The summed E-state index contributed by atoms with van der Waals surface area (Å²) < 4.78 is 11.7. The van der Waals surface area contributed by atoms with Gasteiger partial charge in [-0.2, -0.15) is 0 Å². The van der Waals surface area contributed by atoms with Crippen molar-refractivity contribution in [2.75, 3.05) is 6.61 Å². The lowest BCUT2D eigenvalue weighted by atomic mass is 9.68. The van der Waals surface area contributed by atoms with Gasteiger partial charge < -0.3 is 9.47 Å². The molecule has 1 spiro atoms. The van der Waals surface area contributed by atoms with Crippen LogP contribution in [0.15, 0.2) is 35.9 Å². The molecular weight excluding hydrogens is 276 g/mol. The van der Waals surface area contributed by atoms with Crippen molar-refractivity contribution in [1.29, 1.82) is 0 Å². The molecule has 3 aliphatic rings. The molecule has 0 amide bonds. The molecule has 3 nitrogen and oxygen atoms in total. The highest BCUT2D eigenvalue weighted by molar-refractivity contribution is 6.20. The SMILES string of the molecule is CC12OCC3(CCCCC3)CC1=C(c1ccccc1)C(=O)O2. The van der Waals surface area contributed by atoms with E-state index in [0.717, 1.165) is 23.1 Å². The van der Waals surface area contributed by atoms with Gasteiger partial charge in [0.25, 0.3) is 0 Å². The van der Waals surface area contributed by atoms with Gasteiger partial charge in [0.15, 0.2) is 0 Å². The summed E-state index contributed by atoms with van der Waals surface area (Å²) in [4.78, 5) is 12.5. The minimum absolute atomic E-state index is 0.209. The molecule has 2 aliphatic heterocycles. The zero-order valence-electron chi connectivity index (χ0n) is 13.1. The van der Waals surface area contributed by atoms with Crippen LogP contribution in [0.1, 0.15) is 51.0 Å². The molecular formula is C19H22O3. The summed E-state index contributed by atoms with van der Waals surface area (Å²) in [6, 6.07) is 9.86. The Morgan fingerprint density at radius 1 is 1.05 bits per heavy atom. The lowest BCUT2D eigenvalue weighted by molar-refractivity contribution is -0.221. The van der Waals surface area contributed by atoms with Gasteiger partial charge in [-0.1, -0.05) is 49.6 Å². The molecule has 1 atom stereocenters. The van der Waals surface area contributed by atoms with Gasteiger partial charge in [0.05, 0.1) is 12.2 Å². The van der Waals surface area contributed by atoms with Crippen LogP contribution in [0.25, 0.3) is 5.57 Å². The maximum atomic E-state index is 12.5. The maximum Gasteiger partial charge on any atom is 0.341 e. The summed E-state index contributed by atoms with van der Waals surface area (Å²) >= 11 is 0. The van der Waals surface area contributed by atoms with Crippen LogP contribution in [0.4, 0.5) is 0 Å². The van der Waals surface area contributed by atoms with E-state index < -0.39 is 5.79 Å². The molecule has 116 valence electrons. The fraction of sp³-hybridized carbons (Fsp3) is 0.526. The minimum Gasteiger partial charge on any atom is -0.426 e. The van der Waals surface area contributed by atoms with Crippen molar-refractivity contribution in [3.8, 4) is 0 Å². The highest BCUT2D eigenvalue weighted by Gasteiger charge is 2.53. The maximum absolute atomic E-state index is 12.5. The Labute approximate surface area is 131 Å². The van der Waals surface area contributed by atoms with E-state index in [1.165, 1.54) is 32.1 Å². The molecule has 0 N–H and O–H groups in total. The van der Waals surface area contributed by atoms with Gasteiger partial charge in [0.1, 0.15) is 0 Å². The average molecular weight is 298 g/mol. The second-order valence-corrected chi connectivity index (χ2v) is 7.08. The van der Waals surface area contributed by atoms with Crippen molar-refractivity contribution < 1.29 is 14.3 Å². The number of esters is 1. The fourth-order valence-electron chi connectivity index (χ4n) is 4.24. The van der Waals surface area contributed by atoms with E-state index in [2.05, 4.69) is 0 Å². The van der Waals surface area contributed by atoms with Crippen LogP contribution in [0.2, 0.25) is 0 Å². The lowest BCUT2D eigenvalue weighted by Crippen LogP contribution is -2.45. The van der Waals surface area contributed by atoms with Gasteiger partial charge in [-0.15, -0.1) is 0 Å². The summed E-state index contributed by atoms with van der Waals surface area (Å²) in [6.45, 7) is 2.61. The van der Waals surface area contributed by atoms with Crippen LogP contribution in [0.3, 0.4) is 0 Å². The van der Waals surface area contributed by atoms with Gasteiger partial charge in [-0.3, -0.25) is 0 Å². The van der Waals surface area contributed by atoms with Crippen molar-refractivity contribution in [3.63, 3.8) is 0 Å². The molecule has 4 rings (SSSR count). The van der Waals surface area contributed by atoms with E-state index in [1.54, 1.807) is 0 Å². The van der Waals surface area contributed by atoms with Crippen molar-refractivity contribution in [1.82, 2.24) is 0 Å². The van der Waals surface area contributed by atoms with Crippen LogP contribution in [0, 0.1) is 5.41 Å². The Bertz CT molecular complexity index is 625. The average Bonchev–Trinajstić information content (AvgIpc) is 2.79. The largest absolute Gasteiger partial charge is 0.426 e. The Hall–Kier alpha value is -1.61. The van der Waals surface area contributed by atoms with Crippen LogP contribution in [-0.4, -0.2) is 18.4 Å². The van der Waals surface area contributed by atoms with Gasteiger partial charge >= 0.3 is 5.97 Å². The third-order valence-corrected chi connectivity index (χ3v) is 5.52. The molecule has 1 aromatic carbocycles. The van der Waals surface area contributed by atoms with Crippen molar-refractivity contribution in [2.45, 2.75) is 51.2 Å². The van der Waals surface area contributed by atoms with Gasteiger partial charge in [0, 0.05) is 12.5 Å². The molecule has 1 saturated carbocycles. The number of ether oxygens (including phenoxy) is 2. The first-order chi connectivity index (χ1) is 10.6. The van der Waals surface area contributed by atoms with E-state index >= 15 is 0 Å². The monoisotopic (exact) mass is 298 g/mol. The molecule has 2 heterocycles. The van der Waals surface area contributed by atoms with E-state index in [1.807, 2.05) is 37.3 Å². The van der Waals surface area contributed by atoms with Crippen molar-refractivity contribution in [2.24, 2.45) is 5.41 Å². The highest BCUT2D eigenvalue weighted by Crippen LogP contribution is 2.53. The smallest absolute Gasteiger partial charge is 0.341 e. The van der Waals surface area contributed by atoms with Crippen molar-refractivity contribution in [3.05, 3.63) is 41.5 Å². The topological polar surface area (TPSA) is 35.5 Å². The number of hydrogen-bond donors (Lipinski definition) is 0. The normalized spacial score (nSPS) is 30.3. The number of fused-ring (bicyclic) bond motifs is 1. The minimum atomic E-state index is -0.856. The fourth-order valence-corrected chi connectivity index (χ4v) is 4.24. The van der Waals surface area contributed by atoms with E-state index in [0.29, 0.717) is 6.61 Å².